The summed E-state index contributed by atoms with van der Waals surface area (Å²) in [5.41, 5.74) is 2.51. The van der Waals surface area contributed by atoms with Gasteiger partial charge in [-0.05, 0) is 17.7 Å². The summed E-state index contributed by atoms with van der Waals surface area (Å²) in [7, 11) is 2.45. The van der Waals surface area contributed by atoms with Gasteiger partial charge in [-0.25, -0.2) is 9.59 Å². The Bertz CT molecular complexity index is 936. The van der Waals surface area contributed by atoms with Gasteiger partial charge in [-0.2, -0.15) is 0 Å². The number of hydrogen-bond acceptors (Lipinski definition) is 4. The SMILES string of the molecule is COC(=O)C(=Cn1c(-c2ccccc2)cc2ccccc21)C(=O)OC. The Kier molecular flexibility index (Phi) is 4.66. The average Bonchev–Trinajstić information content (AvgIpc) is 3.04. The minimum atomic E-state index is -0.747. The lowest BCUT2D eigenvalue weighted by Gasteiger charge is -2.09. The molecule has 1 aromatic heterocycles. The van der Waals surface area contributed by atoms with E-state index in [1.54, 1.807) is 4.57 Å². The van der Waals surface area contributed by atoms with Gasteiger partial charge >= 0.3 is 11.9 Å². The molecule has 0 amide bonds. The van der Waals surface area contributed by atoms with Crippen LogP contribution in [0.1, 0.15) is 0 Å². The molecular formula is C20H17NO4. The van der Waals surface area contributed by atoms with Gasteiger partial charge in [0, 0.05) is 11.6 Å². The van der Waals surface area contributed by atoms with Crippen LogP contribution in [0.25, 0.3) is 28.4 Å². The molecule has 0 spiro atoms. The summed E-state index contributed by atoms with van der Waals surface area (Å²) < 4.78 is 11.2. The number of carbonyl (C=O) groups excluding carboxylic acids is 2. The molecule has 1 heterocycles. The van der Waals surface area contributed by atoms with Crippen LogP contribution in [0, 0.1) is 0 Å². The highest BCUT2D eigenvalue weighted by Gasteiger charge is 2.21. The van der Waals surface area contributed by atoms with Gasteiger partial charge in [0.2, 0.25) is 0 Å². The number of esters is 2. The quantitative estimate of drug-likeness (QED) is 0.317. The number of hydrogen-bond donors (Lipinski definition) is 0. The number of para-hydroxylation sites is 1. The molecule has 0 unspecified atom stereocenters. The summed E-state index contributed by atoms with van der Waals surface area (Å²) >= 11 is 0. The molecule has 0 radical (unpaired) electrons. The Morgan fingerprint density at radius 1 is 0.880 bits per heavy atom. The van der Waals surface area contributed by atoms with Gasteiger partial charge < -0.3 is 14.0 Å². The van der Waals surface area contributed by atoms with E-state index in [9.17, 15) is 9.59 Å². The minimum Gasteiger partial charge on any atom is -0.465 e. The van der Waals surface area contributed by atoms with E-state index in [4.69, 9.17) is 9.47 Å². The monoisotopic (exact) mass is 335 g/mol. The second-order valence-corrected chi connectivity index (χ2v) is 5.35. The third kappa shape index (κ3) is 3.17. The van der Waals surface area contributed by atoms with Crippen molar-refractivity contribution < 1.29 is 19.1 Å². The largest absolute Gasteiger partial charge is 0.465 e. The zero-order valence-corrected chi connectivity index (χ0v) is 13.9. The van der Waals surface area contributed by atoms with E-state index in [-0.39, 0.29) is 5.57 Å². The van der Waals surface area contributed by atoms with E-state index < -0.39 is 11.9 Å². The molecule has 0 aliphatic heterocycles. The van der Waals surface area contributed by atoms with Crippen LogP contribution < -0.4 is 0 Å². The number of ether oxygens (including phenoxy) is 2. The van der Waals surface area contributed by atoms with Crippen LogP contribution in [0.4, 0.5) is 0 Å². The highest BCUT2D eigenvalue weighted by atomic mass is 16.5. The van der Waals surface area contributed by atoms with Crippen molar-refractivity contribution in [2.24, 2.45) is 0 Å². The van der Waals surface area contributed by atoms with Crippen LogP contribution in [-0.4, -0.2) is 30.7 Å². The first kappa shape index (κ1) is 16.5. The molecule has 3 rings (SSSR count). The Balaban J connectivity index is 2.28. The van der Waals surface area contributed by atoms with Crippen molar-refractivity contribution in [3.8, 4) is 11.3 Å². The van der Waals surface area contributed by atoms with Crippen LogP contribution in [0.5, 0.6) is 0 Å². The number of fused-ring (bicyclic) bond motifs is 1. The molecular weight excluding hydrogens is 318 g/mol. The maximum atomic E-state index is 12.0. The van der Waals surface area contributed by atoms with Gasteiger partial charge in [-0.1, -0.05) is 48.5 Å². The summed E-state index contributed by atoms with van der Waals surface area (Å²) in [6.45, 7) is 0. The first-order chi connectivity index (χ1) is 12.2. The fourth-order valence-corrected chi connectivity index (χ4v) is 2.68. The number of methoxy groups -OCH3 is 2. The van der Waals surface area contributed by atoms with Crippen LogP contribution in [0.15, 0.2) is 66.2 Å². The molecule has 0 saturated heterocycles. The lowest BCUT2D eigenvalue weighted by atomic mass is 10.1. The Hall–Kier alpha value is -3.34. The van der Waals surface area contributed by atoms with Crippen molar-refractivity contribution in [3.63, 3.8) is 0 Å². The topological polar surface area (TPSA) is 57.5 Å². The third-order valence-corrected chi connectivity index (χ3v) is 3.89. The third-order valence-electron chi connectivity index (χ3n) is 3.89. The second-order valence-electron chi connectivity index (χ2n) is 5.35. The maximum Gasteiger partial charge on any atom is 0.346 e. The van der Waals surface area contributed by atoms with E-state index in [1.807, 2.05) is 60.7 Å². The Labute approximate surface area is 145 Å². The van der Waals surface area contributed by atoms with Crippen molar-refractivity contribution in [2.75, 3.05) is 14.2 Å². The zero-order valence-electron chi connectivity index (χ0n) is 13.9. The number of benzene rings is 2. The van der Waals surface area contributed by atoms with Gasteiger partial charge in [0.05, 0.1) is 25.4 Å². The molecule has 0 N–H and O–H groups in total. The van der Waals surface area contributed by atoms with Crippen molar-refractivity contribution in [1.29, 1.82) is 0 Å². The van der Waals surface area contributed by atoms with Gasteiger partial charge in [0.1, 0.15) is 0 Å². The van der Waals surface area contributed by atoms with Crippen molar-refractivity contribution in [1.82, 2.24) is 4.57 Å². The molecule has 0 fully saturated rings. The fraction of sp³-hybridized carbons (Fsp3) is 0.100. The first-order valence-corrected chi connectivity index (χ1v) is 7.69. The summed E-state index contributed by atoms with van der Waals surface area (Å²) in [6.07, 6.45) is 1.46. The predicted octanol–water partition coefficient (Wildman–Crippen LogP) is 3.50. The minimum absolute atomic E-state index is 0.177. The van der Waals surface area contributed by atoms with E-state index in [2.05, 4.69) is 0 Å². The molecule has 0 bridgehead atoms. The number of carbonyl (C=O) groups is 2. The van der Waals surface area contributed by atoms with E-state index in [0.29, 0.717) is 0 Å². The van der Waals surface area contributed by atoms with Gasteiger partial charge in [-0.3, -0.25) is 0 Å². The van der Waals surface area contributed by atoms with Crippen LogP contribution >= 0.6 is 0 Å². The summed E-state index contributed by atoms with van der Waals surface area (Å²) in [4.78, 5) is 24.0. The maximum absolute atomic E-state index is 12.0. The lowest BCUT2D eigenvalue weighted by Crippen LogP contribution is -2.16. The van der Waals surface area contributed by atoms with Crippen LogP contribution in [0.3, 0.4) is 0 Å². The molecule has 0 saturated carbocycles. The summed E-state index contributed by atoms with van der Waals surface area (Å²) in [6, 6.07) is 19.5. The number of aromatic nitrogens is 1. The molecule has 5 heteroatoms. The lowest BCUT2D eigenvalue weighted by molar-refractivity contribution is -0.143. The molecule has 0 atom stereocenters. The highest BCUT2D eigenvalue weighted by Crippen LogP contribution is 2.29. The molecule has 5 nitrogen and oxygen atoms in total. The van der Waals surface area contributed by atoms with Crippen molar-refractivity contribution in [3.05, 3.63) is 66.2 Å². The van der Waals surface area contributed by atoms with Crippen molar-refractivity contribution >= 4 is 29.0 Å². The van der Waals surface area contributed by atoms with E-state index in [1.165, 1.54) is 20.4 Å². The number of nitrogens with zero attached hydrogens (tertiary/aromatic N) is 1. The summed E-state index contributed by atoms with van der Waals surface area (Å²) in [5, 5.41) is 0.992. The second kappa shape index (κ2) is 7.05. The van der Waals surface area contributed by atoms with Gasteiger partial charge in [0.25, 0.3) is 0 Å². The van der Waals surface area contributed by atoms with Crippen molar-refractivity contribution in [2.45, 2.75) is 0 Å². The average molecular weight is 335 g/mol. The standard InChI is InChI=1S/C20H17NO4/c1-24-19(22)16(20(23)25-2)13-21-17-11-7-6-10-15(17)12-18(21)14-8-4-3-5-9-14/h3-13H,1-2H3. The fourth-order valence-electron chi connectivity index (χ4n) is 2.68. The Morgan fingerprint density at radius 3 is 2.12 bits per heavy atom. The van der Waals surface area contributed by atoms with E-state index >= 15 is 0 Å². The van der Waals surface area contributed by atoms with Crippen LogP contribution in [0.2, 0.25) is 0 Å². The normalized spacial score (nSPS) is 10.3. The first-order valence-electron chi connectivity index (χ1n) is 7.69. The van der Waals surface area contributed by atoms with Crippen LogP contribution in [-0.2, 0) is 19.1 Å². The summed E-state index contributed by atoms with van der Waals surface area (Å²) in [5.74, 6) is -1.49. The molecule has 126 valence electrons. The number of rotatable bonds is 4. The predicted molar refractivity (Wildman–Crippen MR) is 95.7 cm³/mol. The molecule has 0 aliphatic carbocycles. The zero-order chi connectivity index (χ0) is 17.8. The van der Waals surface area contributed by atoms with Gasteiger partial charge in [0.15, 0.2) is 5.57 Å². The van der Waals surface area contributed by atoms with Gasteiger partial charge in [-0.15, -0.1) is 0 Å². The molecule has 0 aliphatic rings. The molecule has 3 aromatic rings. The molecule has 2 aromatic carbocycles. The molecule has 25 heavy (non-hydrogen) atoms. The smallest absolute Gasteiger partial charge is 0.346 e. The Morgan fingerprint density at radius 2 is 1.48 bits per heavy atom. The van der Waals surface area contributed by atoms with E-state index in [0.717, 1.165) is 22.2 Å². The highest BCUT2D eigenvalue weighted by molar-refractivity contribution is 6.17.